The van der Waals surface area contributed by atoms with Gasteiger partial charge < -0.3 is 26.2 Å². The number of hydrogen-bond donors (Lipinski definition) is 5. The summed E-state index contributed by atoms with van der Waals surface area (Å²) in [5.41, 5.74) is 9.97. The number of ether oxygens (including phenoxy) is 1. The van der Waals surface area contributed by atoms with Gasteiger partial charge in [0.1, 0.15) is 11.6 Å². The van der Waals surface area contributed by atoms with E-state index in [1.807, 2.05) is 25.1 Å². The molecule has 0 fully saturated rings. The summed E-state index contributed by atoms with van der Waals surface area (Å²) in [4.78, 5) is 24.3. The third kappa shape index (κ3) is 5.88. The van der Waals surface area contributed by atoms with Crippen LogP contribution in [0.3, 0.4) is 0 Å². The molecule has 33 heavy (non-hydrogen) atoms. The number of nitrogen functional groups attached to an aromatic ring is 1. The van der Waals surface area contributed by atoms with Crippen LogP contribution in [0.1, 0.15) is 32.6 Å². The molecule has 0 bridgehead atoms. The highest BCUT2D eigenvalue weighted by Gasteiger charge is 2.15. The number of carboxylic acids is 1. The number of anilines is 2. The lowest BCUT2D eigenvalue weighted by Crippen LogP contribution is -2.16. The van der Waals surface area contributed by atoms with Crippen molar-refractivity contribution in [3.8, 4) is 5.75 Å². The fourth-order valence-electron chi connectivity index (χ4n) is 3.44. The summed E-state index contributed by atoms with van der Waals surface area (Å²) < 4.78 is 5.33. The first-order chi connectivity index (χ1) is 15.8. The molecule has 3 aromatic carbocycles. The summed E-state index contributed by atoms with van der Waals surface area (Å²) in [6.07, 6.45) is -0.168. The number of rotatable bonds is 9. The normalized spacial score (nSPS) is 10.4. The van der Waals surface area contributed by atoms with Gasteiger partial charge in [-0.1, -0.05) is 23.8 Å². The van der Waals surface area contributed by atoms with Crippen molar-refractivity contribution in [2.75, 3.05) is 17.7 Å². The molecule has 0 aromatic heterocycles. The number of benzene rings is 3. The number of carboxylic acid groups (broad SMARTS) is 1. The number of amidine groups is 1. The van der Waals surface area contributed by atoms with E-state index in [1.54, 1.807) is 42.5 Å². The third-order valence-electron chi connectivity index (χ3n) is 5.12. The largest absolute Gasteiger partial charge is 0.496 e. The molecule has 0 aliphatic carbocycles. The zero-order chi connectivity index (χ0) is 24.0. The molecule has 170 valence electrons. The van der Waals surface area contributed by atoms with Gasteiger partial charge in [0.05, 0.1) is 19.1 Å². The Morgan fingerprint density at radius 3 is 2.45 bits per heavy atom. The molecule has 0 heterocycles. The van der Waals surface area contributed by atoms with E-state index in [4.69, 9.17) is 15.9 Å². The SMILES string of the molecule is COc1cccc(CNc2ccc(C)cc2C(=O)Nc2ccc(C(=N)N)cc2)c1CC(=O)O. The highest BCUT2D eigenvalue weighted by atomic mass is 16.5. The number of amides is 1. The van der Waals surface area contributed by atoms with E-state index >= 15 is 0 Å². The van der Waals surface area contributed by atoms with Crippen molar-refractivity contribution in [2.24, 2.45) is 5.73 Å². The number of hydrogen-bond acceptors (Lipinski definition) is 5. The molecule has 0 unspecified atom stereocenters. The maximum absolute atomic E-state index is 13.0. The first kappa shape index (κ1) is 23.3. The summed E-state index contributed by atoms with van der Waals surface area (Å²) in [6, 6.07) is 17.6. The van der Waals surface area contributed by atoms with Crippen LogP contribution in [0, 0.1) is 12.3 Å². The Kier molecular flexibility index (Phi) is 7.30. The van der Waals surface area contributed by atoms with Crippen molar-refractivity contribution in [2.45, 2.75) is 19.9 Å². The van der Waals surface area contributed by atoms with Crippen molar-refractivity contribution >= 4 is 29.1 Å². The van der Waals surface area contributed by atoms with Crippen LogP contribution >= 0.6 is 0 Å². The maximum atomic E-state index is 13.0. The smallest absolute Gasteiger partial charge is 0.307 e. The van der Waals surface area contributed by atoms with Crippen LogP contribution < -0.4 is 21.1 Å². The number of methoxy groups -OCH3 is 1. The Balaban J connectivity index is 1.83. The lowest BCUT2D eigenvalue weighted by Gasteiger charge is -2.16. The molecular weight excluding hydrogens is 420 g/mol. The van der Waals surface area contributed by atoms with E-state index in [0.717, 1.165) is 11.1 Å². The zero-order valence-electron chi connectivity index (χ0n) is 18.4. The van der Waals surface area contributed by atoms with Gasteiger partial charge in [-0.2, -0.15) is 0 Å². The second-order valence-electron chi connectivity index (χ2n) is 7.52. The molecule has 3 aromatic rings. The summed E-state index contributed by atoms with van der Waals surface area (Å²) in [5.74, 6) is -0.787. The summed E-state index contributed by atoms with van der Waals surface area (Å²) in [6.45, 7) is 2.21. The minimum atomic E-state index is -0.952. The number of aryl methyl sites for hydroxylation is 1. The van der Waals surface area contributed by atoms with Gasteiger partial charge in [-0.15, -0.1) is 0 Å². The number of nitrogens with one attached hydrogen (secondary N) is 3. The van der Waals surface area contributed by atoms with Gasteiger partial charge in [-0.25, -0.2) is 0 Å². The minimum Gasteiger partial charge on any atom is -0.496 e. The lowest BCUT2D eigenvalue weighted by molar-refractivity contribution is -0.136. The molecule has 0 aliphatic heterocycles. The monoisotopic (exact) mass is 446 g/mol. The first-order valence-electron chi connectivity index (χ1n) is 10.3. The van der Waals surface area contributed by atoms with Crippen LogP contribution in [0.15, 0.2) is 60.7 Å². The van der Waals surface area contributed by atoms with E-state index in [-0.39, 0.29) is 18.2 Å². The van der Waals surface area contributed by atoms with Crippen LogP contribution in [0.4, 0.5) is 11.4 Å². The maximum Gasteiger partial charge on any atom is 0.307 e. The van der Waals surface area contributed by atoms with Gasteiger partial charge in [0.2, 0.25) is 0 Å². The summed E-state index contributed by atoms with van der Waals surface area (Å²) in [5, 5.41) is 22.9. The first-order valence-corrected chi connectivity index (χ1v) is 10.3. The lowest BCUT2D eigenvalue weighted by atomic mass is 10.0. The number of aliphatic carboxylic acids is 1. The predicted octanol–water partition coefficient (Wildman–Crippen LogP) is 3.78. The second-order valence-corrected chi connectivity index (χ2v) is 7.52. The summed E-state index contributed by atoms with van der Waals surface area (Å²) >= 11 is 0. The number of nitrogens with two attached hydrogens (primary N) is 1. The topological polar surface area (TPSA) is 138 Å². The van der Waals surface area contributed by atoms with Gasteiger partial charge >= 0.3 is 5.97 Å². The predicted molar refractivity (Wildman–Crippen MR) is 128 cm³/mol. The molecule has 0 radical (unpaired) electrons. The minimum absolute atomic E-state index is 0.0437. The van der Waals surface area contributed by atoms with Gasteiger partial charge in [-0.3, -0.25) is 15.0 Å². The van der Waals surface area contributed by atoms with E-state index < -0.39 is 5.97 Å². The molecule has 0 aliphatic rings. The van der Waals surface area contributed by atoms with Crippen LogP contribution in [-0.4, -0.2) is 29.9 Å². The van der Waals surface area contributed by atoms with E-state index in [2.05, 4.69) is 10.6 Å². The Labute approximate surface area is 191 Å². The molecule has 8 nitrogen and oxygen atoms in total. The average Bonchev–Trinajstić information content (AvgIpc) is 2.78. The fourth-order valence-corrected chi connectivity index (χ4v) is 3.44. The molecule has 3 rings (SSSR count). The molecular formula is C25H26N4O4. The molecule has 0 saturated heterocycles. The fraction of sp³-hybridized carbons (Fsp3) is 0.160. The third-order valence-corrected chi connectivity index (χ3v) is 5.12. The zero-order valence-corrected chi connectivity index (χ0v) is 18.4. The Morgan fingerprint density at radius 2 is 1.82 bits per heavy atom. The molecule has 6 N–H and O–H groups in total. The Bertz CT molecular complexity index is 1190. The number of carbonyl (C=O) groups is 2. The van der Waals surface area contributed by atoms with Crippen molar-refractivity contribution in [3.05, 3.63) is 88.5 Å². The van der Waals surface area contributed by atoms with Crippen LogP contribution in [0.2, 0.25) is 0 Å². The summed E-state index contributed by atoms with van der Waals surface area (Å²) in [7, 11) is 1.50. The van der Waals surface area contributed by atoms with Crippen LogP contribution in [0.25, 0.3) is 0 Å². The van der Waals surface area contributed by atoms with Crippen molar-refractivity contribution < 1.29 is 19.4 Å². The van der Waals surface area contributed by atoms with Crippen LogP contribution in [0.5, 0.6) is 5.75 Å². The van der Waals surface area contributed by atoms with Gasteiger partial charge in [0.25, 0.3) is 5.91 Å². The van der Waals surface area contributed by atoms with Crippen molar-refractivity contribution in [3.63, 3.8) is 0 Å². The van der Waals surface area contributed by atoms with Gasteiger partial charge in [-0.05, 0) is 55.0 Å². The van der Waals surface area contributed by atoms with E-state index in [9.17, 15) is 14.7 Å². The Morgan fingerprint density at radius 1 is 1.09 bits per heavy atom. The van der Waals surface area contributed by atoms with Gasteiger partial charge in [0, 0.05) is 29.0 Å². The second kappa shape index (κ2) is 10.3. The highest BCUT2D eigenvalue weighted by molar-refractivity contribution is 6.08. The standard InChI is InChI=1S/C25H26N4O4/c1-15-6-11-21(28-14-17-4-3-5-22(33-2)19(17)13-23(30)31)20(12-15)25(32)29-18-9-7-16(8-10-18)24(26)27/h3-12,28H,13-14H2,1-2H3,(H3,26,27)(H,29,32)(H,30,31). The molecule has 0 spiro atoms. The van der Waals surface area contributed by atoms with E-state index in [0.29, 0.717) is 40.4 Å². The average molecular weight is 447 g/mol. The quantitative estimate of drug-likeness (QED) is 0.251. The molecule has 0 atom stereocenters. The molecule has 1 amide bonds. The Hall–Kier alpha value is -4.33. The molecule has 0 saturated carbocycles. The molecule has 8 heteroatoms. The number of carbonyl (C=O) groups excluding carboxylic acids is 1. The van der Waals surface area contributed by atoms with Crippen molar-refractivity contribution in [1.29, 1.82) is 5.41 Å². The van der Waals surface area contributed by atoms with Gasteiger partial charge in [0.15, 0.2) is 0 Å². The van der Waals surface area contributed by atoms with Crippen LogP contribution in [-0.2, 0) is 17.8 Å². The van der Waals surface area contributed by atoms with Crippen molar-refractivity contribution in [1.82, 2.24) is 0 Å². The highest BCUT2D eigenvalue weighted by Crippen LogP contribution is 2.25. The van der Waals surface area contributed by atoms with E-state index in [1.165, 1.54) is 7.11 Å².